The predicted octanol–water partition coefficient (Wildman–Crippen LogP) is 1.64. The lowest BCUT2D eigenvalue weighted by atomic mass is 9.90. The van der Waals surface area contributed by atoms with E-state index >= 15 is 0 Å². The second kappa shape index (κ2) is 2.70. The third kappa shape index (κ3) is 1.45. The zero-order chi connectivity index (χ0) is 6.85. The molecule has 0 radical (unpaired) electrons. The van der Waals surface area contributed by atoms with E-state index < -0.39 is 0 Å². The molecule has 1 N–H and O–H groups in total. The summed E-state index contributed by atoms with van der Waals surface area (Å²) in [6, 6.07) is 0.755. The quantitative estimate of drug-likeness (QED) is 0.564. The molecule has 1 heterocycles. The van der Waals surface area contributed by atoms with Gasteiger partial charge in [-0.05, 0) is 31.7 Å². The van der Waals surface area contributed by atoms with Crippen molar-refractivity contribution in [3.8, 4) is 0 Å². The molecule has 0 amide bonds. The molecule has 0 aromatic carbocycles. The van der Waals surface area contributed by atoms with Crippen molar-refractivity contribution in [2.75, 3.05) is 6.54 Å². The Morgan fingerprint density at radius 3 is 2.33 bits per heavy atom. The van der Waals surface area contributed by atoms with Gasteiger partial charge in [-0.15, -0.1) is 0 Å². The first-order chi connectivity index (χ1) is 4.22. The van der Waals surface area contributed by atoms with Crippen molar-refractivity contribution in [2.45, 2.75) is 33.2 Å². The normalized spacial score (nSPS) is 36.0. The maximum absolute atomic E-state index is 3.45. The summed E-state index contributed by atoms with van der Waals surface area (Å²) in [7, 11) is 0. The third-order valence-electron chi connectivity index (χ3n) is 2.44. The number of hydrogen-bond donors (Lipinski definition) is 1. The van der Waals surface area contributed by atoms with Gasteiger partial charge in [0.25, 0.3) is 0 Å². The highest BCUT2D eigenvalue weighted by atomic mass is 14.9. The highest BCUT2D eigenvalue weighted by molar-refractivity contribution is 4.81. The van der Waals surface area contributed by atoms with Crippen LogP contribution in [0.2, 0.25) is 0 Å². The standard InChI is InChI=1S/C8H17N/c1-6(2)8-4-5-9-7(8)3/h6-9H,4-5H2,1-3H3/t7?,8-/m0/s1. The minimum atomic E-state index is 0.755. The summed E-state index contributed by atoms with van der Waals surface area (Å²) in [5.74, 6) is 1.78. The topological polar surface area (TPSA) is 12.0 Å². The van der Waals surface area contributed by atoms with E-state index in [2.05, 4.69) is 26.1 Å². The van der Waals surface area contributed by atoms with Crippen LogP contribution in [0.15, 0.2) is 0 Å². The molecule has 1 unspecified atom stereocenters. The monoisotopic (exact) mass is 127 g/mol. The minimum Gasteiger partial charge on any atom is -0.314 e. The molecule has 0 aliphatic carbocycles. The smallest absolute Gasteiger partial charge is 0.00699 e. The summed E-state index contributed by atoms with van der Waals surface area (Å²) in [6.07, 6.45) is 1.37. The molecule has 0 saturated carbocycles. The van der Waals surface area contributed by atoms with Crippen LogP contribution in [0.3, 0.4) is 0 Å². The van der Waals surface area contributed by atoms with E-state index in [1.807, 2.05) is 0 Å². The first-order valence-electron chi connectivity index (χ1n) is 3.95. The number of rotatable bonds is 1. The summed E-state index contributed by atoms with van der Waals surface area (Å²) in [4.78, 5) is 0. The van der Waals surface area contributed by atoms with Gasteiger partial charge >= 0.3 is 0 Å². The van der Waals surface area contributed by atoms with E-state index in [1.165, 1.54) is 13.0 Å². The summed E-state index contributed by atoms with van der Waals surface area (Å²) in [5, 5.41) is 3.45. The van der Waals surface area contributed by atoms with Crippen LogP contribution in [-0.4, -0.2) is 12.6 Å². The third-order valence-corrected chi connectivity index (χ3v) is 2.44. The highest BCUT2D eigenvalue weighted by Crippen LogP contribution is 2.22. The van der Waals surface area contributed by atoms with Crippen molar-refractivity contribution in [1.29, 1.82) is 0 Å². The number of hydrogen-bond acceptors (Lipinski definition) is 1. The molecule has 9 heavy (non-hydrogen) atoms. The molecule has 1 aliphatic rings. The van der Waals surface area contributed by atoms with Crippen molar-refractivity contribution in [3.63, 3.8) is 0 Å². The fourth-order valence-electron chi connectivity index (χ4n) is 1.79. The highest BCUT2D eigenvalue weighted by Gasteiger charge is 2.24. The average Bonchev–Trinajstić information content (AvgIpc) is 2.13. The first kappa shape index (κ1) is 7.07. The molecule has 1 nitrogen and oxygen atoms in total. The van der Waals surface area contributed by atoms with E-state index in [-0.39, 0.29) is 0 Å². The van der Waals surface area contributed by atoms with Crippen LogP contribution in [0, 0.1) is 11.8 Å². The Balaban J connectivity index is 2.40. The first-order valence-corrected chi connectivity index (χ1v) is 3.95. The van der Waals surface area contributed by atoms with Crippen molar-refractivity contribution in [2.24, 2.45) is 11.8 Å². The van der Waals surface area contributed by atoms with E-state index in [0.717, 1.165) is 17.9 Å². The van der Waals surface area contributed by atoms with Gasteiger partial charge in [-0.2, -0.15) is 0 Å². The van der Waals surface area contributed by atoms with Gasteiger partial charge in [-0.25, -0.2) is 0 Å². The second-order valence-electron chi connectivity index (χ2n) is 3.44. The molecule has 2 atom stereocenters. The Morgan fingerprint density at radius 2 is 2.11 bits per heavy atom. The molecule has 0 aromatic heterocycles. The summed E-state index contributed by atoms with van der Waals surface area (Å²) in [6.45, 7) is 8.14. The van der Waals surface area contributed by atoms with Gasteiger partial charge in [0.05, 0.1) is 0 Å². The van der Waals surface area contributed by atoms with E-state index in [0.29, 0.717) is 0 Å². The molecule has 1 fully saturated rings. The Labute approximate surface area is 57.8 Å². The average molecular weight is 127 g/mol. The van der Waals surface area contributed by atoms with Crippen LogP contribution in [-0.2, 0) is 0 Å². The fourth-order valence-corrected chi connectivity index (χ4v) is 1.79. The fraction of sp³-hybridized carbons (Fsp3) is 1.00. The van der Waals surface area contributed by atoms with Crippen molar-refractivity contribution in [1.82, 2.24) is 5.32 Å². The summed E-state index contributed by atoms with van der Waals surface area (Å²) in [5.41, 5.74) is 0. The maximum Gasteiger partial charge on any atom is 0.00699 e. The number of nitrogens with one attached hydrogen (secondary N) is 1. The SMILES string of the molecule is CC(C)[C@@H]1CCNC1C. The van der Waals surface area contributed by atoms with Gasteiger partial charge < -0.3 is 5.32 Å². The predicted molar refractivity (Wildman–Crippen MR) is 40.4 cm³/mol. The van der Waals surface area contributed by atoms with E-state index in [4.69, 9.17) is 0 Å². The zero-order valence-electron chi connectivity index (χ0n) is 6.65. The molecule has 0 spiro atoms. The Hall–Kier alpha value is -0.0400. The maximum atomic E-state index is 3.45. The molecule has 1 aliphatic heterocycles. The largest absolute Gasteiger partial charge is 0.314 e. The van der Waals surface area contributed by atoms with Gasteiger partial charge in [0.15, 0.2) is 0 Å². The molecule has 1 heteroatoms. The second-order valence-corrected chi connectivity index (χ2v) is 3.44. The lowest BCUT2D eigenvalue weighted by Gasteiger charge is -2.18. The zero-order valence-corrected chi connectivity index (χ0v) is 6.65. The van der Waals surface area contributed by atoms with Gasteiger partial charge in [-0.3, -0.25) is 0 Å². The van der Waals surface area contributed by atoms with E-state index in [9.17, 15) is 0 Å². The van der Waals surface area contributed by atoms with Gasteiger partial charge in [0, 0.05) is 6.04 Å². The Bertz CT molecular complexity index is 88.6. The van der Waals surface area contributed by atoms with Gasteiger partial charge in [-0.1, -0.05) is 13.8 Å². The molecular weight excluding hydrogens is 110 g/mol. The molecule has 0 bridgehead atoms. The lowest BCUT2D eigenvalue weighted by molar-refractivity contribution is 0.357. The van der Waals surface area contributed by atoms with Crippen LogP contribution in [0.5, 0.6) is 0 Å². The van der Waals surface area contributed by atoms with Gasteiger partial charge in [0.2, 0.25) is 0 Å². The minimum absolute atomic E-state index is 0.755. The molecule has 0 aromatic rings. The summed E-state index contributed by atoms with van der Waals surface area (Å²) >= 11 is 0. The van der Waals surface area contributed by atoms with Crippen molar-refractivity contribution in [3.05, 3.63) is 0 Å². The van der Waals surface area contributed by atoms with Crippen LogP contribution >= 0.6 is 0 Å². The van der Waals surface area contributed by atoms with Crippen molar-refractivity contribution < 1.29 is 0 Å². The molecule has 1 saturated heterocycles. The molecular formula is C8H17N. The van der Waals surface area contributed by atoms with Crippen LogP contribution < -0.4 is 5.32 Å². The van der Waals surface area contributed by atoms with Gasteiger partial charge in [0.1, 0.15) is 0 Å². The Morgan fingerprint density at radius 1 is 1.44 bits per heavy atom. The van der Waals surface area contributed by atoms with Crippen LogP contribution in [0.1, 0.15) is 27.2 Å². The van der Waals surface area contributed by atoms with Crippen LogP contribution in [0.4, 0.5) is 0 Å². The van der Waals surface area contributed by atoms with Crippen molar-refractivity contribution >= 4 is 0 Å². The lowest BCUT2D eigenvalue weighted by Crippen LogP contribution is -2.25. The summed E-state index contributed by atoms with van der Waals surface area (Å²) < 4.78 is 0. The van der Waals surface area contributed by atoms with E-state index in [1.54, 1.807) is 0 Å². The van der Waals surface area contributed by atoms with Crippen LogP contribution in [0.25, 0.3) is 0 Å². The molecule has 54 valence electrons. The Kier molecular flexibility index (Phi) is 2.12. The molecule has 1 rings (SSSR count).